The molecule has 1 aliphatic carbocycles. The molecule has 0 aliphatic heterocycles. The number of hydrogen-bond donors (Lipinski definition) is 1. The summed E-state index contributed by atoms with van der Waals surface area (Å²) in [5, 5.41) is 9.61. The first-order valence-electron chi connectivity index (χ1n) is 6.02. The zero-order chi connectivity index (χ0) is 11.8. The molecular weight excluding hydrogens is 210 g/mol. The molecule has 2 heteroatoms. The molecule has 0 unspecified atom stereocenters. The van der Waals surface area contributed by atoms with Crippen LogP contribution >= 0.6 is 0 Å². The molecule has 1 atom stereocenters. The first-order valence-corrected chi connectivity index (χ1v) is 6.02. The van der Waals surface area contributed by atoms with Crippen LogP contribution in [0.3, 0.4) is 0 Å². The van der Waals surface area contributed by atoms with E-state index in [1.807, 2.05) is 12.1 Å². The number of benzene rings is 1. The van der Waals surface area contributed by atoms with Gasteiger partial charge >= 0.3 is 0 Å². The van der Waals surface area contributed by atoms with Gasteiger partial charge in [0.25, 0.3) is 0 Å². The third-order valence-electron chi connectivity index (χ3n) is 3.36. The molecule has 1 aromatic carbocycles. The lowest BCUT2D eigenvalue weighted by Crippen LogP contribution is -2.08. The van der Waals surface area contributed by atoms with Gasteiger partial charge in [-0.1, -0.05) is 30.3 Å². The SMILES string of the molecule is C[C@H](O)c1ccc2c(n1)-c1ccccc1CC2. The molecule has 1 N–H and O–H groups in total. The molecule has 1 aliphatic rings. The molecule has 86 valence electrons. The highest BCUT2D eigenvalue weighted by Crippen LogP contribution is 2.32. The normalized spacial score (nSPS) is 14.9. The van der Waals surface area contributed by atoms with Crippen molar-refractivity contribution in [1.82, 2.24) is 4.98 Å². The van der Waals surface area contributed by atoms with Gasteiger partial charge in [-0.15, -0.1) is 0 Å². The smallest absolute Gasteiger partial charge is 0.0932 e. The van der Waals surface area contributed by atoms with E-state index < -0.39 is 6.10 Å². The highest BCUT2D eigenvalue weighted by atomic mass is 16.3. The van der Waals surface area contributed by atoms with Gasteiger partial charge in [0, 0.05) is 5.56 Å². The topological polar surface area (TPSA) is 33.1 Å². The third kappa shape index (κ3) is 1.75. The second-order valence-electron chi connectivity index (χ2n) is 4.58. The van der Waals surface area contributed by atoms with Gasteiger partial charge in [-0.05, 0) is 37.0 Å². The van der Waals surface area contributed by atoms with Crippen molar-refractivity contribution in [3.63, 3.8) is 0 Å². The molecule has 0 saturated heterocycles. The van der Waals surface area contributed by atoms with E-state index in [2.05, 4.69) is 29.2 Å². The molecule has 1 aromatic heterocycles. The van der Waals surface area contributed by atoms with Gasteiger partial charge in [-0.2, -0.15) is 0 Å². The predicted octanol–water partition coefficient (Wildman–Crippen LogP) is 2.90. The van der Waals surface area contributed by atoms with Crippen molar-refractivity contribution in [3.8, 4) is 11.3 Å². The lowest BCUT2D eigenvalue weighted by atomic mass is 9.89. The van der Waals surface area contributed by atoms with Crippen molar-refractivity contribution >= 4 is 0 Å². The number of hydrogen-bond acceptors (Lipinski definition) is 2. The molecule has 17 heavy (non-hydrogen) atoms. The number of aromatic nitrogens is 1. The summed E-state index contributed by atoms with van der Waals surface area (Å²) >= 11 is 0. The summed E-state index contributed by atoms with van der Waals surface area (Å²) in [5.41, 5.74) is 5.66. The first kappa shape index (κ1) is 10.5. The van der Waals surface area contributed by atoms with E-state index in [0.717, 1.165) is 24.2 Å². The first-order chi connectivity index (χ1) is 8.25. The zero-order valence-corrected chi connectivity index (χ0v) is 9.85. The van der Waals surface area contributed by atoms with E-state index in [-0.39, 0.29) is 0 Å². The fourth-order valence-electron chi connectivity index (χ4n) is 2.41. The standard InChI is InChI=1S/C15H15NO/c1-10(17)14-9-8-12-7-6-11-4-2-3-5-13(11)15(12)16-14/h2-5,8-10,17H,6-7H2,1H3/t10-/m0/s1. The minimum atomic E-state index is -0.505. The van der Waals surface area contributed by atoms with Gasteiger partial charge in [-0.3, -0.25) is 0 Å². The van der Waals surface area contributed by atoms with Crippen LogP contribution in [0.25, 0.3) is 11.3 Å². The summed E-state index contributed by atoms with van der Waals surface area (Å²) in [7, 11) is 0. The molecule has 0 radical (unpaired) electrons. The van der Waals surface area contributed by atoms with Crippen LogP contribution in [-0.2, 0) is 12.8 Å². The van der Waals surface area contributed by atoms with Gasteiger partial charge in [-0.25, -0.2) is 4.98 Å². The van der Waals surface area contributed by atoms with Crippen molar-refractivity contribution in [1.29, 1.82) is 0 Å². The largest absolute Gasteiger partial charge is 0.387 e. The molecule has 0 saturated carbocycles. The predicted molar refractivity (Wildman–Crippen MR) is 67.7 cm³/mol. The second kappa shape index (κ2) is 3.97. The van der Waals surface area contributed by atoms with Gasteiger partial charge < -0.3 is 5.11 Å². The zero-order valence-electron chi connectivity index (χ0n) is 9.85. The summed E-state index contributed by atoms with van der Waals surface area (Å²) in [6.45, 7) is 1.75. The number of aliphatic hydroxyl groups excluding tert-OH is 1. The molecule has 2 aromatic rings. The minimum absolute atomic E-state index is 0.505. The van der Waals surface area contributed by atoms with Crippen LogP contribution in [0, 0.1) is 0 Å². The third-order valence-corrected chi connectivity index (χ3v) is 3.36. The molecular formula is C15H15NO. The Labute approximate surface area is 101 Å². The molecule has 2 nitrogen and oxygen atoms in total. The van der Waals surface area contributed by atoms with Crippen molar-refractivity contribution in [3.05, 3.63) is 53.2 Å². The highest BCUT2D eigenvalue weighted by molar-refractivity contribution is 5.69. The summed E-state index contributed by atoms with van der Waals surface area (Å²) in [5.74, 6) is 0. The van der Waals surface area contributed by atoms with Crippen LogP contribution in [0.2, 0.25) is 0 Å². The summed E-state index contributed by atoms with van der Waals surface area (Å²) in [6, 6.07) is 12.4. The molecule has 0 spiro atoms. The lowest BCUT2D eigenvalue weighted by Gasteiger charge is -2.19. The van der Waals surface area contributed by atoms with E-state index in [0.29, 0.717) is 0 Å². The van der Waals surface area contributed by atoms with E-state index in [1.165, 1.54) is 16.7 Å². The fraction of sp³-hybridized carbons (Fsp3) is 0.267. The Morgan fingerprint density at radius 1 is 1.06 bits per heavy atom. The summed E-state index contributed by atoms with van der Waals surface area (Å²) in [6.07, 6.45) is 1.62. The van der Waals surface area contributed by atoms with Crippen molar-refractivity contribution in [2.24, 2.45) is 0 Å². The molecule has 0 amide bonds. The average molecular weight is 225 g/mol. The van der Waals surface area contributed by atoms with E-state index >= 15 is 0 Å². The van der Waals surface area contributed by atoms with E-state index in [4.69, 9.17) is 0 Å². The maximum absolute atomic E-state index is 9.61. The van der Waals surface area contributed by atoms with Gasteiger partial charge in [0.05, 0.1) is 17.5 Å². The number of pyridine rings is 1. The lowest BCUT2D eigenvalue weighted by molar-refractivity contribution is 0.194. The molecule has 0 fully saturated rings. The Hall–Kier alpha value is -1.67. The van der Waals surface area contributed by atoms with E-state index in [1.54, 1.807) is 6.92 Å². The molecule has 1 heterocycles. The van der Waals surface area contributed by atoms with Crippen LogP contribution in [0.1, 0.15) is 29.8 Å². The van der Waals surface area contributed by atoms with Crippen LogP contribution in [-0.4, -0.2) is 10.1 Å². The maximum Gasteiger partial charge on any atom is 0.0932 e. The Morgan fingerprint density at radius 2 is 1.82 bits per heavy atom. The van der Waals surface area contributed by atoms with Crippen molar-refractivity contribution < 1.29 is 5.11 Å². The monoisotopic (exact) mass is 225 g/mol. The summed E-state index contributed by atoms with van der Waals surface area (Å²) < 4.78 is 0. The number of aliphatic hydroxyl groups is 1. The Bertz CT molecular complexity index is 561. The summed E-state index contributed by atoms with van der Waals surface area (Å²) in [4.78, 5) is 4.60. The second-order valence-corrected chi connectivity index (χ2v) is 4.58. The number of nitrogens with zero attached hydrogens (tertiary/aromatic N) is 1. The van der Waals surface area contributed by atoms with Crippen molar-refractivity contribution in [2.75, 3.05) is 0 Å². The Kier molecular flexibility index (Phi) is 2.45. The van der Waals surface area contributed by atoms with Gasteiger partial charge in [0.1, 0.15) is 0 Å². The van der Waals surface area contributed by atoms with E-state index in [9.17, 15) is 5.11 Å². The maximum atomic E-state index is 9.61. The van der Waals surface area contributed by atoms with Crippen molar-refractivity contribution in [2.45, 2.75) is 25.9 Å². The highest BCUT2D eigenvalue weighted by Gasteiger charge is 2.17. The Balaban J connectivity index is 2.19. The molecule has 3 rings (SSSR count). The molecule has 0 bridgehead atoms. The van der Waals surface area contributed by atoms with Crippen LogP contribution in [0.15, 0.2) is 36.4 Å². The number of fused-ring (bicyclic) bond motifs is 3. The van der Waals surface area contributed by atoms with Gasteiger partial charge in [0.2, 0.25) is 0 Å². The van der Waals surface area contributed by atoms with Crippen LogP contribution in [0.4, 0.5) is 0 Å². The fourth-order valence-corrected chi connectivity index (χ4v) is 2.41. The van der Waals surface area contributed by atoms with Gasteiger partial charge in [0.15, 0.2) is 0 Å². The quantitative estimate of drug-likeness (QED) is 0.809. The van der Waals surface area contributed by atoms with Crippen LogP contribution in [0.5, 0.6) is 0 Å². The number of rotatable bonds is 1. The van der Waals surface area contributed by atoms with Crippen LogP contribution < -0.4 is 0 Å². The number of aryl methyl sites for hydroxylation is 2. The average Bonchev–Trinajstić information content (AvgIpc) is 2.38. The minimum Gasteiger partial charge on any atom is -0.387 e. The Morgan fingerprint density at radius 3 is 2.65 bits per heavy atom.